The van der Waals surface area contributed by atoms with E-state index in [9.17, 15) is 0 Å². The van der Waals surface area contributed by atoms with Gasteiger partial charge in [-0.3, -0.25) is 4.68 Å². The largest absolute Gasteiger partial charge is 0.394 e. The maximum absolute atomic E-state index is 5.94. The van der Waals surface area contributed by atoms with Crippen molar-refractivity contribution < 1.29 is 0 Å². The molecule has 0 aliphatic heterocycles. The summed E-state index contributed by atoms with van der Waals surface area (Å²) in [5.41, 5.74) is 10.2. The molecule has 0 amide bonds. The lowest BCUT2D eigenvalue weighted by Gasteiger charge is -2.07. The second-order valence-corrected chi connectivity index (χ2v) is 4.65. The van der Waals surface area contributed by atoms with E-state index >= 15 is 0 Å². The molecule has 0 aromatic carbocycles. The molecule has 4 nitrogen and oxygen atoms in total. The Kier molecular flexibility index (Phi) is 2.87. The molecule has 3 N–H and O–H groups in total. The van der Waals surface area contributed by atoms with E-state index in [2.05, 4.69) is 28.1 Å². The topological polar surface area (TPSA) is 55.9 Å². The highest BCUT2D eigenvalue weighted by Gasteiger charge is 2.09. The monoisotopic (exact) mass is 236 g/mol. The third-order valence-corrected chi connectivity index (χ3v) is 3.59. The smallest absolute Gasteiger partial charge is 0.148 e. The molecule has 0 atom stereocenters. The minimum atomic E-state index is 0.732. The Hall–Kier alpha value is -1.49. The highest BCUT2D eigenvalue weighted by Crippen LogP contribution is 2.22. The summed E-state index contributed by atoms with van der Waals surface area (Å²) in [7, 11) is 1.90. The average molecular weight is 236 g/mol. The Morgan fingerprint density at radius 3 is 2.69 bits per heavy atom. The minimum Gasteiger partial charge on any atom is -0.394 e. The summed E-state index contributed by atoms with van der Waals surface area (Å²) in [6, 6.07) is 0. The number of hydrogen-bond acceptors (Lipinski definition) is 4. The van der Waals surface area contributed by atoms with Crippen LogP contribution in [-0.4, -0.2) is 9.78 Å². The van der Waals surface area contributed by atoms with Crippen LogP contribution < -0.4 is 11.1 Å². The van der Waals surface area contributed by atoms with Crippen LogP contribution in [-0.2, 0) is 13.6 Å². The van der Waals surface area contributed by atoms with Gasteiger partial charge in [0.2, 0.25) is 0 Å². The molecule has 2 aromatic heterocycles. The van der Waals surface area contributed by atoms with E-state index < -0.39 is 0 Å². The first-order valence-corrected chi connectivity index (χ1v) is 6.08. The molecule has 0 saturated carbocycles. The van der Waals surface area contributed by atoms with Crippen molar-refractivity contribution in [3.8, 4) is 0 Å². The number of nitrogen functional groups attached to an aromatic ring is 1. The highest BCUT2D eigenvalue weighted by atomic mass is 32.1. The zero-order valence-corrected chi connectivity index (χ0v) is 10.6. The quantitative estimate of drug-likeness (QED) is 0.859. The number of anilines is 2. The van der Waals surface area contributed by atoms with E-state index in [4.69, 9.17) is 5.73 Å². The Morgan fingerprint density at radius 2 is 2.19 bits per heavy atom. The number of nitrogens with one attached hydrogen (secondary N) is 1. The number of nitrogens with zero attached hydrogens (tertiary/aromatic N) is 2. The van der Waals surface area contributed by atoms with Gasteiger partial charge in [-0.1, -0.05) is 0 Å². The molecule has 0 unspecified atom stereocenters. The van der Waals surface area contributed by atoms with E-state index in [1.807, 2.05) is 14.0 Å². The van der Waals surface area contributed by atoms with Crippen molar-refractivity contribution in [2.24, 2.45) is 7.05 Å². The van der Waals surface area contributed by atoms with E-state index in [-0.39, 0.29) is 0 Å². The standard InChI is InChI=1S/C11H16N4S/c1-7-5-16-6-9(7)4-13-11-10(12)8(2)14-15(11)3/h5-6,13H,4,12H2,1-3H3. The van der Waals surface area contributed by atoms with Crippen molar-refractivity contribution in [1.82, 2.24) is 9.78 Å². The molecule has 0 aliphatic carbocycles. The van der Waals surface area contributed by atoms with Crippen LogP contribution in [0.15, 0.2) is 10.8 Å². The zero-order valence-electron chi connectivity index (χ0n) is 9.74. The lowest BCUT2D eigenvalue weighted by molar-refractivity contribution is 0.758. The van der Waals surface area contributed by atoms with Crippen molar-refractivity contribution in [2.45, 2.75) is 20.4 Å². The molecular formula is C11H16N4S. The van der Waals surface area contributed by atoms with Gasteiger partial charge in [-0.15, -0.1) is 0 Å². The van der Waals surface area contributed by atoms with Crippen molar-refractivity contribution in [2.75, 3.05) is 11.1 Å². The maximum Gasteiger partial charge on any atom is 0.148 e. The fourth-order valence-electron chi connectivity index (χ4n) is 1.63. The van der Waals surface area contributed by atoms with Crippen LogP contribution in [0.3, 0.4) is 0 Å². The lowest BCUT2D eigenvalue weighted by Crippen LogP contribution is -2.06. The van der Waals surface area contributed by atoms with Gasteiger partial charge in [0.05, 0.1) is 11.4 Å². The Labute approximate surface area is 99.1 Å². The van der Waals surface area contributed by atoms with Crippen LogP contribution >= 0.6 is 11.3 Å². The minimum absolute atomic E-state index is 0.732. The summed E-state index contributed by atoms with van der Waals surface area (Å²) in [6.07, 6.45) is 0. The molecule has 5 heteroatoms. The first-order chi connectivity index (χ1) is 7.59. The normalized spacial score (nSPS) is 10.7. The van der Waals surface area contributed by atoms with Crippen LogP contribution in [0, 0.1) is 13.8 Å². The second-order valence-electron chi connectivity index (χ2n) is 3.90. The highest BCUT2D eigenvalue weighted by molar-refractivity contribution is 7.08. The first kappa shape index (κ1) is 11.0. The first-order valence-electron chi connectivity index (χ1n) is 5.14. The molecule has 2 rings (SSSR count). The molecule has 2 aromatic rings. The summed E-state index contributed by atoms with van der Waals surface area (Å²) < 4.78 is 1.78. The molecule has 16 heavy (non-hydrogen) atoms. The van der Waals surface area contributed by atoms with E-state index in [1.165, 1.54) is 11.1 Å². The molecule has 0 spiro atoms. The number of aryl methyl sites for hydroxylation is 3. The van der Waals surface area contributed by atoms with Gasteiger partial charge in [-0.2, -0.15) is 16.4 Å². The predicted molar refractivity (Wildman–Crippen MR) is 68.7 cm³/mol. The number of rotatable bonds is 3. The average Bonchev–Trinajstić information content (AvgIpc) is 2.72. The predicted octanol–water partition coefficient (Wildman–Crippen LogP) is 2.29. The van der Waals surface area contributed by atoms with E-state index in [0.717, 1.165) is 23.7 Å². The molecular weight excluding hydrogens is 220 g/mol. The second kappa shape index (κ2) is 4.17. The zero-order chi connectivity index (χ0) is 11.7. The number of thiophene rings is 1. The molecule has 2 heterocycles. The van der Waals surface area contributed by atoms with Crippen molar-refractivity contribution in [3.05, 3.63) is 27.6 Å². The van der Waals surface area contributed by atoms with Gasteiger partial charge in [0.15, 0.2) is 0 Å². The molecule has 0 aliphatic rings. The lowest BCUT2D eigenvalue weighted by atomic mass is 10.2. The van der Waals surface area contributed by atoms with E-state index in [1.54, 1.807) is 16.0 Å². The third-order valence-electron chi connectivity index (χ3n) is 2.68. The van der Waals surface area contributed by atoms with Crippen molar-refractivity contribution in [3.63, 3.8) is 0 Å². The van der Waals surface area contributed by atoms with Crippen LogP contribution in [0.2, 0.25) is 0 Å². The van der Waals surface area contributed by atoms with Gasteiger partial charge in [0.1, 0.15) is 5.82 Å². The molecule has 0 bridgehead atoms. The van der Waals surface area contributed by atoms with Gasteiger partial charge >= 0.3 is 0 Å². The summed E-state index contributed by atoms with van der Waals surface area (Å²) in [5, 5.41) is 11.9. The van der Waals surface area contributed by atoms with Crippen LogP contribution in [0.4, 0.5) is 11.5 Å². The number of nitrogens with two attached hydrogens (primary N) is 1. The van der Waals surface area contributed by atoms with Gasteiger partial charge in [0.25, 0.3) is 0 Å². The van der Waals surface area contributed by atoms with Gasteiger partial charge in [-0.05, 0) is 35.7 Å². The summed E-state index contributed by atoms with van der Waals surface area (Å²) in [4.78, 5) is 0. The van der Waals surface area contributed by atoms with Crippen LogP contribution in [0.25, 0.3) is 0 Å². The number of aromatic nitrogens is 2. The third kappa shape index (κ3) is 1.90. The summed E-state index contributed by atoms with van der Waals surface area (Å²) in [5.74, 6) is 0.892. The maximum atomic E-state index is 5.94. The molecule has 0 saturated heterocycles. The van der Waals surface area contributed by atoms with Crippen molar-refractivity contribution in [1.29, 1.82) is 0 Å². The Balaban J connectivity index is 2.13. The molecule has 86 valence electrons. The molecule has 0 radical (unpaired) electrons. The number of hydrogen-bond donors (Lipinski definition) is 2. The SMILES string of the molecule is Cc1cscc1CNc1c(N)c(C)nn1C. The van der Waals surface area contributed by atoms with Gasteiger partial charge in [-0.25, -0.2) is 0 Å². The van der Waals surface area contributed by atoms with Crippen molar-refractivity contribution >= 4 is 22.8 Å². The van der Waals surface area contributed by atoms with Gasteiger partial charge in [0, 0.05) is 13.6 Å². The Bertz CT molecular complexity index is 498. The molecule has 0 fully saturated rings. The summed E-state index contributed by atoms with van der Waals surface area (Å²) >= 11 is 1.72. The van der Waals surface area contributed by atoms with Gasteiger partial charge < -0.3 is 11.1 Å². The van der Waals surface area contributed by atoms with E-state index in [0.29, 0.717) is 0 Å². The van der Waals surface area contributed by atoms with Crippen LogP contribution in [0.5, 0.6) is 0 Å². The fraction of sp³-hybridized carbons (Fsp3) is 0.364. The summed E-state index contributed by atoms with van der Waals surface area (Å²) in [6.45, 7) is 4.82. The van der Waals surface area contributed by atoms with Crippen LogP contribution in [0.1, 0.15) is 16.8 Å². The fourth-order valence-corrected chi connectivity index (χ4v) is 2.49. The Morgan fingerprint density at radius 1 is 1.44 bits per heavy atom.